The predicted octanol–water partition coefficient (Wildman–Crippen LogP) is 3.00. The molecule has 0 radical (unpaired) electrons. The third kappa shape index (κ3) is 3.67. The van der Waals surface area contributed by atoms with E-state index in [0.717, 1.165) is 32.6 Å². The molecule has 1 aromatic carbocycles. The van der Waals surface area contributed by atoms with Crippen molar-refractivity contribution < 1.29 is 14.2 Å². The van der Waals surface area contributed by atoms with Crippen LogP contribution in [0.15, 0.2) is 18.2 Å². The topological polar surface area (TPSA) is 41.5 Å². The van der Waals surface area contributed by atoms with Gasteiger partial charge in [0.2, 0.25) is 0 Å². The van der Waals surface area contributed by atoms with Gasteiger partial charge in [0.15, 0.2) is 0 Å². The van der Waals surface area contributed by atoms with E-state index in [1.54, 1.807) is 0 Å². The maximum absolute atomic E-state index is 13.2. The Morgan fingerprint density at radius 3 is 2.79 bits per heavy atom. The van der Waals surface area contributed by atoms with Crippen LogP contribution in [0.1, 0.15) is 38.3 Å². The molecule has 1 aromatic rings. The summed E-state index contributed by atoms with van der Waals surface area (Å²) in [7, 11) is 0. The van der Waals surface area contributed by atoms with Gasteiger partial charge in [0, 0.05) is 31.4 Å². The molecule has 0 saturated carbocycles. The summed E-state index contributed by atoms with van der Waals surface area (Å²) in [5.74, 6) is -0.183. The summed E-state index contributed by atoms with van der Waals surface area (Å²) in [4.78, 5) is 0. The van der Waals surface area contributed by atoms with Crippen molar-refractivity contribution in [2.24, 2.45) is 5.41 Å². The van der Waals surface area contributed by atoms with E-state index in [0.29, 0.717) is 5.56 Å². The summed E-state index contributed by atoms with van der Waals surface area (Å²) in [6, 6.07) is 3.99. The maximum Gasteiger partial charge on any atom is 0.123 e. The molecule has 19 heavy (non-hydrogen) atoms. The predicted molar refractivity (Wildman–Crippen MR) is 72.6 cm³/mol. The van der Waals surface area contributed by atoms with E-state index >= 15 is 0 Å². The first-order valence-electron chi connectivity index (χ1n) is 6.80. The van der Waals surface area contributed by atoms with E-state index in [9.17, 15) is 9.50 Å². The van der Waals surface area contributed by atoms with Gasteiger partial charge in [-0.25, -0.2) is 4.39 Å². The zero-order chi connectivity index (χ0) is 13.9. The van der Waals surface area contributed by atoms with Crippen LogP contribution in [0.3, 0.4) is 0 Å². The molecule has 1 aliphatic rings. The minimum atomic E-state index is -0.321. The quantitative estimate of drug-likeness (QED) is 0.881. The van der Waals surface area contributed by atoms with E-state index in [2.05, 4.69) is 12.2 Å². The molecule has 1 aliphatic heterocycles. The van der Waals surface area contributed by atoms with Crippen molar-refractivity contribution in [3.8, 4) is 5.75 Å². The van der Waals surface area contributed by atoms with Gasteiger partial charge in [-0.15, -0.1) is 0 Å². The number of benzene rings is 1. The van der Waals surface area contributed by atoms with E-state index < -0.39 is 0 Å². The normalized spacial score (nSPS) is 20.2. The van der Waals surface area contributed by atoms with Gasteiger partial charge in [0.05, 0.1) is 0 Å². The van der Waals surface area contributed by atoms with Crippen molar-refractivity contribution in [2.45, 2.75) is 32.7 Å². The first kappa shape index (κ1) is 14.3. The lowest BCUT2D eigenvalue weighted by Gasteiger charge is -2.34. The first-order valence-corrected chi connectivity index (χ1v) is 6.80. The Bertz CT molecular complexity index is 430. The summed E-state index contributed by atoms with van der Waals surface area (Å²) in [6.45, 7) is 6.63. The van der Waals surface area contributed by atoms with Crippen molar-refractivity contribution in [1.82, 2.24) is 5.32 Å². The smallest absolute Gasteiger partial charge is 0.123 e. The Kier molecular flexibility index (Phi) is 4.42. The highest BCUT2D eigenvalue weighted by atomic mass is 19.1. The van der Waals surface area contributed by atoms with Crippen LogP contribution in [0.2, 0.25) is 0 Å². The number of rotatable bonds is 4. The number of phenolic OH excluding ortho intramolecular Hbond substituents is 1. The fourth-order valence-electron chi connectivity index (χ4n) is 2.42. The van der Waals surface area contributed by atoms with E-state index in [4.69, 9.17) is 4.74 Å². The van der Waals surface area contributed by atoms with Gasteiger partial charge in [-0.05, 0) is 43.4 Å². The van der Waals surface area contributed by atoms with Crippen LogP contribution in [-0.2, 0) is 4.74 Å². The SMILES string of the molecule is CC(NCC1(C)CCOCC1)c1cc(F)ccc1O. The highest BCUT2D eigenvalue weighted by molar-refractivity contribution is 5.34. The zero-order valence-electron chi connectivity index (χ0n) is 11.6. The fraction of sp³-hybridized carbons (Fsp3) is 0.600. The molecule has 2 N–H and O–H groups in total. The second-order valence-corrected chi connectivity index (χ2v) is 5.73. The molecule has 0 aliphatic carbocycles. The molecule has 0 bridgehead atoms. The number of aromatic hydroxyl groups is 1. The Morgan fingerprint density at radius 1 is 1.42 bits per heavy atom. The Hall–Kier alpha value is -1.13. The fourth-order valence-corrected chi connectivity index (χ4v) is 2.42. The van der Waals surface area contributed by atoms with Crippen molar-refractivity contribution in [3.05, 3.63) is 29.6 Å². The minimum absolute atomic E-state index is 0.0737. The molecule has 1 atom stereocenters. The molecule has 106 valence electrons. The molecule has 3 nitrogen and oxygen atoms in total. The number of nitrogens with one attached hydrogen (secondary N) is 1. The number of phenols is 1. The van der Waals surface area contributed by atoms with Gasteiger partial charge in [-0.1, -0.05) is 6.92 Å². The summed E-state index contributed by atoms with van der Waals surface area (Å²) < 4.78 is 18.6. The third-order valence-corrected chi connectivity index (χ3v) is 3.99. The summed E-state index contributed by atoms with van der Waals surface area (Å²) in [6.07, 6.45) is 2.06. The number of halogens is 1. The van der Waals surface area contributed by atoms with E-state index in [-0.39, 0.29) is 23.0 Å². The van der Waals surface area contributed by atoms with Gasteiger partial charge in [0.25, 0.3) is 0 Å². The van der Waals surface area contributed by atoms with Crippen molar-refractivity contribution >= 4 is 0 Å². The Labute approximate surface area is 113 Å². The maximum atomic E-state index is 13.2. The van der Waals surface area contributed by atoms with Crippen LogP contribution in [-0.4, -0.2) is 24.9 Å². The number of hydrogen-bond acceptors (Lipinski definition) is 3. The molecule has 2 rings (SSSR count). The second kappa shape index (κ2) is 5.88. The second-order valence-electron chi connectivity index (χ2n) is 5.73. The highest BCUT2D eigenvalue weighted by Crippen LogP contribution is 2.31. The first-order chi connectivity index (χ1) is 9.00. The third-order valence-electron chi connectivity index (χ3n) is 3.99. The molecule has 1 heterocycles. The number of hydrogen-bond donors (Lipinski definition) is 2. The molecule has 0 amide bonds. The lowest BCUT2D eigenvalue weighted by molar-refractivity contribution is 0.0230. The molecular weight excluding hydrogens is 245 g/mol. The van der Waals surface area contributed by atoms with Crippen molar-refractivity contribution in [1.29, 1.82) is 0 Å². The van der Waals surface area contributed by atoms with Crippen LogP contribution >= 0.6 is 0 Å². The van der Waals surface area contributed by atoms with Gasteiger partial charge >= 0.3 is 0 Å². The standard InChI is InChI=1S/C15H22FNO2/c1-11(13-9-12(16)3-4-14(13)18)17-10-15(2)5-7-19-8-6-15/h3-4,9,11,17-18H,5-8,10H2,1-2H3. The largest absolute Gasteiger partial charge is 0.508 e. The summed E-state index contributed by atoms with van der Waals surface area (Å²) in [5.41, 5.74) is 0.825. The Morgan fingerprint density at radius 2 is 2.11 bits per heavy atom. The van der Waals surface area contributed by atoms with Crippen molar-refractivity contribution in [3.63, 3.8) is 0 Å². The molecule has 1 saturated heterocycles. The molecule has 1 fully saturated rings. The highest BCUT2D eigenvalue weighted by Gasteiger charge is 2.27. The van der Waals surface area contributed by atoms with Crippen LogP contribution in [0.25, 0.3) is 0 Å². The van der Waals surface area contributed by atoms with Gasteiger partial charge in [0.1, 0.15) is 11.6 Å². The molecule has 1 unspecified atom stereocenters. The van der Waals surface area contributed by atoms with Crippen LogP contribution in [0, 0.1) is 11.2 Å². The van der Waals surface area contributed by atoms with Crippen LogP contribution in [0.4, 0.5) is 4.39 Å². The van der Waals surface area contributed by atoms with Gasteiger partial charge < -0.3 is 15.2 Å². The lowest BCUT2D eigenvalue weighted by Crippen LogP contribution is -2.37. The average Bonchev–Trinajstić information content (AvgIpc) is 2.40. The van der Waals surface area contributed by atoms with E-state index in [1.165, 1.54) is 18.2 Å². The summed E-state index contributed by atoms with van der Waals surface area (Å²) >= 11 is 0. The monoisotopic (exact) mass is 267 g/mol. The van der Waals surface area contributed by atoms with Gasteiger partial charge in [-0.3, -0.25) is 0 Å². The molecule has 4 heteroatoms. The number of ether oxygens (including phenoxy) is 1. The molecular formula is C15H22FNO2. The summed E-state index contributed by atoms with van der Waals surface area (Å²) in [5, 5.41) is 13.2. The average molecular weight is 267 g/mol. The molecule has 0 aromatic heterocycles. The lowest BCUT2D eigenvalue weighted by atomic mass is 9.82. The van der Waals surface area contributed by atoms with Crippen LogP contribution in [0.5, 0.6) is 5.75 Å². The minimum Gasteiger partial charge on any atom is -0.508 e. The van der Waals surface area contributed by atoms with E-state index in [1.807, 2.05) is 6.92 Å². The zero-order valence-corrected chi connectivity index (χ0v) is 11.6. The molecule has 0 spiro atoms. The van der Waals surface area contributed by atoms with Crippen molar-refractivity contribution in [2.75, 3.05) is 19.8 Å². The Balaban J connectivity index is 1.97. The van der Waals surface area contributed by atoms with Crippen LogP contribution < -0.4 is 5.32 Å². The van der Waals surface area contributed by atoms with Gasteiger partial charge in [-0.2, -0.15) is 0 Å².